The van der Waals surface area contributed by atoms with E-state index in [-0.39, 0.29) is 24.0 Å². The molecule has 0 atom stereocenters. The zero-order valence-corrected chi connectivity index (χ0v) is 19.2. The monoisotopic (exact) mass is 478 g/mol. The number of aliphatic imine (C=N–C) groups is 1. The van der Waals surface area contributed by atoms with Crippen LogP contribution in [0.25, 0.3) is 0 Å². The number of nitrogens with zero attached hydrogens (tertiary/aromatic N) is 2. The third-order valence-corrected chi connectivity index (χ3v) is 3.79. The zero-order valence-electron chi connectivity index (χ0n) is 16.9. The number of rotatable bonds is 10. The molecule has 0 bridgehead atoms. The first-order valence-electron chi connectivity index (χ1n) is 9.11. The molecule has 0 aromatic heterocycles. The van der Waals surface area contributed by atoms with Gasteiger partial charge in [0.2, 0.25) is 0 Å². The van der Waals surface area contributed by atoms with Gasteiger partial charge in [-0.3, -0.25) is 9.89 Å². The van der Waals surface area contributed by atoms with Crippen LogP contribution in [0.5, 0.6) is 11.5 Å². The van der Waals surface area contributed by atoms with Crippen molar-refractivity contribution in [1.82, 2.24) is 4.90 Å². The molecule has 1 aromatic rings. The first kappa shape index (κ1) is 24.8. The summed E-state index contributed by atoms with van der Waals surface area (Å²) < 4.78 is 11.2. The minimum Gasteiger partial charge on any atom is -0.494 e. The SMILES string of the molecule is CCOc1ccc(OCC)c(NC(N)=NCCN(C(C)C)C(C)C)c1.I. The van der Waals surface area contributed by atoms with Gasteiger partial charge in [-0.1, -0.05) is 0 Å². The van der Waals surface area contributed by atoms with Gasteiger partial charge in [0.15, 0.2) is 5.96 Å². The Hall–Kier alpha value is -1.22. The second kappa shape index (κ2) is 13.0. The van der Waals surface area contributed by atoms with Gasteiger partial charge in [0.1, 0.15) is 11.5 Å². The number of nitrogens with one attached hydrogen (secondary N) is 1. The van der Waals surface area contributed by atoms with Crippen LogP contribution in [0.15, 0.2) is 23.2 Å². The molecule has 6 nitrogen and oxygen atoms in total. The van der Waals surface area contributed by atoms with E-state index in [2.05, 4.69) is 42.9 Å². The molecule has 26 heavy (non-hydrogen) atoms. The van der Waals surface area contributed by atoms with E-state index in [1.54, 1.807) is 0 Å². The first-order valence-corrected chi connectivity index (χ1v) is 9.11. The molecule has 0 aliphatic rings. The lowest BCUT2D eigenvalue weighted by molar-refractivity contribution is 0.181. The summed E-state index contributed by atoms with van der Waals surface area (Å²) in [6.45, 7) is 15.4. The largest absolute Gasteiger partial charge is 0.494 e. The second-order valence-corrected chi connectivity index (χ2v) is 6.34. The van der Waals surface area contributed by atoms with Crippen molar-refractivity contribution in [2.45, 2.75) is 53.6 Å². The lowest BCUT2D eigenvalue weighted by Gasteiger charge is -2.29. The fourth-order valence-electron chi connectivity index (χ4n) is 2.72. The molecule has 150 valence electrons. The van der Waals surface area contributed by atoms with E-state index in [4.69, 9.17) is 15.2 Å². The Labute approximate surface area is 175 Å². The Morgan fingerprint density at radius 3 is 2.27 bits per heavy atom. The van der Waals surface area contributed by atoms with Crippen LogP contribution >= 0.6 is 24.0 Å². The van der Waals surface area contributed by atoms with Crippen LogP contribution in [0.1, 0.15) is 41.5 Å². The van der Waals surface area contributed by atoms with Gasteiger partial charge in [0, 0.05) is 24.7 Å². The highest BCUT2D eigenvalue weighted by molar-refractivity contribution is 14.0. The lowest BCUT2D eigenvalue weighted by Crippen LogP contribution is -2.39. The Bertz CT molecular complexity index is 542. The normalized spacial score (nSPS) is 11.7. The Balaban J connectivity index is 0.00000625. The van der Waals surface area contributed by atoms with Crippen molar-refractivity contribution in [1.29, 1.82) is 0 Å². The molecule has 1 rings (SSSR count). The lowest BCUT2D eigenvalue weighted by atomic mass is 10.2. The summed E-state index contributed by atoms with van der Waals surface area (Å²) in [4.78, 5) is 6.83. The van der Waals surface area contributed by atoms with Crippen LogP contribution in [0.4, 0.5) is 5.69 Å². The van der Waals surface area contributed by atoms with Gasteiger partial charge >= 0.3 is 0 Å². The van der Waals surface area contributed by atoms with Gasteiger partial charge < -0.3 is 20.5 Å². The molecule has 0 saturated carbocycles. The molecular formula is C19H35IN4O2. The quantitative estimate of drug-likeness (QED) is 0.303. The fraction of sp³-hybridized carbons (Fsp3) is 0.632. The number of halogens is 1. The summed E-state index contributed by atoms with van der Waals surface area (Å²) in [6, 6.07) is 6.61. The molecule has 1 aromatic carbocycles. The topological polar surface area (TPSA) is 72.1 Å². The van der Waals surface area contributed by atoms with Gasteiger partial charge in [-0.05, 0) is 53.7 Å². The van der Waals surface area contributed by atoms with E-state index in [9.17, 15) is 0 Å². The van der Waals surface area contributed by atoms with Crippen LogP contribution in [-0.4, -0.2) is 49.2 Å². The summed E-state index contributed by atoms with van der Waals surface area (Å²) in [5, 5.41) is 3.13. The van der Waals surface area contributed by atoms with Crippen molar-refractivity contribution in [2.24, 2.45) is 10.7 Å². The molecule has 0 saturated heterocycles. The van der Waals surface area contributed by atoms with Gasteiger partial charge in [-0.15, -0.1) is 24.0 Å². The number of anilines is 1. The van der Waals surface area contributed by atoms with Gasteiger partial charge in [-0.25, -0.2) is 0 Å². The van der Waals surface area contributed by atoms with Crippen LogP contribution in [0.2, 0.25) is 0 Å². The standard InChI is InChI=1S/C19H34N4O2.HI/c1-7-24-16-9-10-18(25-8-2)17(13-16)22-19(20)21-11-12-23(14(3)4)15(5)6;/h9-10,13-15H,7-8,11-12H2,1-6H3,(H3,20,21,22);1H. The number of hydrogen-bond donors (Lipinski definition) is 2. The second-order valence-electron chi connectivity index (χ2n) is 6.34. The third-order valence-electron chi connectivity index (χ3n) is 3.79. The maximum absolute atomic E-state index is 6.06. The van der Waals surface area contributed by atoms with E-state index in [0.29, 0.717) is 37.8 Å². The molecule has 0 heterocycles. The van der Waals surface area contributed by atoms with Crippen molar-refractivity contribution in [3.63, 3.8) is 0 Å². The van der Waals surface area contributed by atoms with Gasteiger partial charge in [0.05, 0.1) is 25.4 Å². The summed E-state index contributed by atoms with van der Waals surface area (Å²) in [5.41, 5.74) is 6.82. The Morgan fingerprint density at radius 2 is 1.73 bits per heavy atom. The van der Waals surface area contributed by atoms with Crippen molar-refractivity contribution in [2.75, 3.05) is 31.6 Å². The third kappa shape index (κ3) is 8.44. The predicted molar refractivity (Wildman–Crippen MR) is 121 cm³/mol. The maximum Gasteiger partial charge on any atom is 0.193 e. The molecular weight excluding hydrogens is 443 g/mol. The average molecular weight is 478 g/mol. The molecule has 0 radical (unpaired) electrons. The molecule has 0 unspecified atom stereocenters. The van der Waals surface area contributed by atoms with E-state index in [1.165, 1.54) is 0 Å². The Kier molecular flexibility index (Phi) is 12.4. The highest BCUT2D eigenvalue weighted by atomic mass is 127. The van der Waals surface area contributed by atoms with Gasteiger partial charge in [-0.2, -0.15) is 0 Å². The minimum absolute atomic E-state index is 0. The van der Waals surface area contributed by atoms with Crippen LogP contribution in [-0.2, 0) is 0 Å². The molecule has 0 amide bonds. The fourth-order valence-corrected chi connectivity index (χ4v) is 2.72. The average Bonchev–Trinajstić information content (AvgIpc) is 2.53. The number of guanidine groups is 1. The van der Waals surface area contributed by atoms with Crippen molar-refractivity contribution in [3.8, 4) is 11.5 Å². The number of ether oxygens (including phenoxy) is 2. The summed E-state index contributed by atoms with van der Waals surface area (Å²) in [5.74, 6) is 1.88. The number of nitrogens with two attached hydrogens (primary N) is 1. The minimum atomic E-state index is 0. The van der Waals surface area contributed by atoms with Gasteiger partial charge in [0.25, 0.3) is 0 Å². The van der Waals surface area contributed by atoms with Crippen molar-refractivity contribution in [3.05, 3.63) is 18.2 Å². The van der Waals surface area contributed by atoms with Crippen LogP contribution in [0.3, 0.4) is 0 Å². The van der Waals surface area contributed by atoms with E-state index in [1.807, 2.05) is 32.0 Å². The van der Waals surface area contributed by atoms with E-state index < -0.39 is 0 Å². The molecule has 0 spiro atoms. The molecule has 0 aliphatic heterocycles. The number of benzene rings is 1. The van der Waals surface area contributed by atoms with Crippen LogP contribution < -0.4 is 20.5 Å². The molecule has 0 fully saturated rings. The van der Waals surface area contributed by atoms with Crippen LogP contribution in [0, 0.1) is 0 Å². The molecule has 7 heteroatoms. The smallest absolute Gasteiger partial charge is 0.193 e. The molecule has 0 aliphatic carbocycles. The van der Waals surface area contributed by atoms with E-state index >= 15 is 0 Å². The van der Waals surface area contributed by atoms with E-state index in [0.717, 1.165) is 23.7 Å². The maximum atomic E-state index is 6.06. The molecule has 3 N–H and O–H groups in total. The van der Waals surface area contributed by atoms with Crippen molar-refractivity contribution < 1.29 is 9.47 Å². The number of hydrogen-bond acceptors (Lipinski definition) is 4. The summed E-state index contributed by atoms with van der Waals surface area (Å²) in [7, 11) is 0. The predicted octanol–water partition coefficient (Wildman–Crippen LogP) is 3.95. The highest BCUT2D eigenvalue weighted by Gasteiger charge is 2.12. The Morgan fingerprint density at radius 1 is 1.12 bits per heavy atom. The highest BCUT2D eigenvalue weighted by Crippen LogP contribution is 2.29. The summed E-state index contributed by atoms with van der Waals surface area (Å²) >= 11 is 0. The summed E-state index contributed by atoms with van der Waals surface area (Å²) in [6.07, 6.45) is 0. The zero-order chi connectivity index (χ0) is 18.8. The first-order chi connectivity index (χ1) is 11.9. The van der Waals surface area contributed by atoms with Crippen molar-refractivity contribution >= 4 is 35.6 Å².